The number of urea groups is 1. The average molecular weight is 660 g/mol. The maximum atomic E-state index is 13.8. The van der Waals surface area contributed by atoms with E-state index in [1.807, 2.05) is 0 Å². The van der Waals surface area contributed by atoms with Crippen molar-refractivity contribution in [3.05, 3.63) is 36.7 Å². The first kappa shape index (κ1) is 38.0. The molecule has 2 saturated heterocycles. The molecular formula is C37H65N5O3S. The van der Waals surface area contributed by atoms with Gasteiger partial charge in [0.05, 0.1) is 22.9 Å². The normalized spacial score (nSPS) is 26.2. The molecule has 2 aliphatic heterocycles. The third-order valence-electron chi connectivity index (χ3n) is 10.8. The van der Waals surface area contributed by atoms with Gasteiger partial charge in [-0.25, -0.2) is 4.79 Å². The molecular weight excluding hydrogens is 595 g/mol. The van der Waals surface area contributed by atoms with Gasteiger partial charge in [0.1, 0.15) is 0 Å². The van der Waals surface area contributed by atoms with E-state index in [-0.39, 0.29) is 34.7 Å². The molecule has 0 spiro atoms. The van der Waals surface area contributed by atoms with Crippen molar-refractivity contribution in [1.29, 1.82) is 0 Å². The van der Waals surface area contributed by atoms with Crippen LogP contribution in [0.1, 0.15) is 125 Å². The second kappa shape index (κ2) is 16.6. The summed E-state index contributed by atoms with van der Waals surface area (Å²) in [6, 6.07) is -0.208. The van der Waals surface area contributed by atoms with Crippen molar-refractivity contribution in [3.8, 4) is 0 Å². The Hall–Kier alpha value is -2.42. The van der Waals surface area contributed by atoms with E-state index in [2.05, 4.69) is 86.4 Å². The summed E-state index contributed by atoms with van der Waals surface area (Å²) in [6.07, 6.45) is 14.1. The molecule has 0 radical (unpaired) electrons. The lowest BCUT2D eigenvalue weighted by Gasteiger charge is -2.45. The topological polar surface area (TPSA) is 103 Å². The molecule has 46 heavy (non-hydrogen) atoms. The lowest BCUT2D eigenvalue weighted by Crippen LogP contribution is -2.63. The molecule has 4 unspecified atom stereocenters. The summed E-state index contributed by atoms with van der Waals surface area (Å²) in [7, 11) is -2.23. The van der Waals surface area contributed by atoms with Gasteiger partial charge in [0.15, 0.2) is 0 Å². The number of rotatable bonds is 14. The second-order valence-corrected chi connectivity index (χ2v) is 17.6. The third kappa shape index (κ3) is 9.80. The van der Waals surface area contributed by atoms with E-state index < -0.39 is 15.1 Å². The van der Waals surface area contributed by atoms with Gasteiger partial charge in [-0.2, -0.15) is 0 Å². The van der Waals surface area contributed by atoms with Crippen molar-refractivity contribution in [2.24, 2.45) is 5.41 Å². The molecule has 3 amide bonds. The van der Waals surface area contributed by atoms with Gasteiger partial charge in [0.25, 0.3) is 0 Å². The van der Waals surface area contributed by atoms with Gasteiger partial charge < -0.3 is 26.2 Å². The number of unbranched alkanes of at least 4 members (excludes halogenated alkanes) is 1. The largest absolute Gasteiger partial charge is 0.383 e. The minimum absolute atomic E-state index is 0.0100. The van der Waals surface area contributed by atoms with Crippen LogP contribution in [0.5, 0.6) is 0 Å². The molecule has 2 saturated carbocycles. The smallest absolute Gasteiger partial charge is 0.315 e. The van der Waals surface area contributed by atoms with Gasteiger partial charge in [-0.1, -0.05) is 86.5 Å². The molecule has 0 aromatic carbocycles. The molecule has 4 N–H and O–H groups in total. The van der Waals surface area contributed by atoms with E-state index in [0.717, 1.165) is 95.0 Å². The van der Waals surface area contributed by atoms with Gasteiger partial charge >= 0.3 is 6.03 Å². The van der Waals surface area contributed by atoms with E-state index in [1.54, 1.807) is 0 Å². The van der Waals surface area contributed by atoms with Crippen LogP contribution in [0.15, 0.2) is 36.7 Å². The number of carbonyl (C=O) groups is 2. The number of nitrogens with one attached hydrogen (secondary N) is 4. The molecule has 4 fully saturated rings. The summed E-state index contributed by atoms with van der Waals surface area (Å²) < 4.78 is 13.5. The first-order valence-electron chi connectivity index (χ1n) is 18.0. The lowest BCUT2D eigenvalue weighted by molar-refractivity contribution is -0.117. The van der Waals surface area contributed by atoms with Crippen LogP contribution in [0.25, 0.3) is 0 Å². The quantitative estimate of drug-likeness (QED) is 0.128. The first-order chi connectivity index (χ1) is 21.7. The Bertz CT molecular complexity index is 1200. The summed E-state index contributed by atoms with van der Waals surface area (Å²) in [6.45, 7) is 24.8. The Morgan fingerprint density at radius 1 is 0.957 bits per heavy atom. The van der Waals surface area contributed by atoms with Crippen molar-refractivity contribution in [2.75, 3.05) is 18.8 Å². The van der Waals surface area contributed by atoms with Crippen LogP contribution in [0, 0.1) is 5.41 Å². The van der Waals surface area contributed by atoms with Gasteiger partial charge in [0, 0.05) is 41.9 Å². The zero-order chi connectivity index (χ0) is 34.1. The number of hydrogen-bond donors (Lipinski definition) is 4. The van der Waals surface area contributed by atoms with Crippen molar-refractivity contribution >= 4 is 27.3 Å². The fourth-order valence-corrected chi connectivity index (χ4v) is 9.82. The molecule has 9 heteroatoms. The molecule has 8 nitrogen and oxygen atoms in total. The molecule has 2 aliphatic carbocycles. The zero-order valence-electron chi connectivity index (χ0n) is 29.7. The van der Waals surface area contributed by atoms with E-state index in [9.17, 15) is 13.8 Å². The van der Waals surface area contributed by atoms with Crippen molar-refractivity contribution in [2.45, 2.75) is 153 Å². The molecule has 0 bridgehead atoms. The number of carbonyl (C=O) groups excluding carboxylic acids is 2. The maximum absolute atomic E-state index is 13.8. The predicted molar refractivity (Wildman–Crippen MR) is 195 cm³/mol. The molecule has 4 aliphatic rings. The number of amides is 3. The number of nitrogens with zero attached hydrogens (tertiary/aromatic N) is 1. The second-order valence-electron chi connectivity index (χ2n) is 14.9. The zero-order valence-corrected chi connectivity index (χ0v) is 30.6. The van der Waals surface area contributed by atoms with Crippen LogP contribution in [0.2, 0.25) is 0 Å². The minimum atomic E-state index is -2.23. The highest BCUT2D eigenvalue weighted by atomic mass is 32.2. The summed E-state index contributed by atoms with van der Waals surface area (Å²) in [5, 5.41) is 13.0. The highest BCUT2D eigenvalue weighted by Gasteiger charge is 2.47. The van der Waals surface area contributed by atoms with Crippen LogP contribution < -0.4 is 21.3 Å². The molecule has 2 heterocycles. The predicted octanol–water partition coefficient (Wildman–Crippen LogP) is 6.39. The molecule has 4 atom stereocenters. The summed E-state index contributed by atoms with van der Waals surface area (Å²) in [4.78, 5) is 28.5. The highest BCUT2D eigenvalue weighted by Crippen LogP contribution is 2.40. The number of likely N-dealkylation sites (tertiary alicyclic amines) is 1. The van der Waals surface area contributed by atoms with E-state index in [4.69, 9.17) is 0 Å². The van der Waals surface area contributed by atoms with Gasteiger partial charge in [-0.05, 0) is 78.6 Å². The third-order valence-corrected chi connectivity index (χ3v) is 13.5. The first-order valence-corrected chi connectivity index (χ1v) is 20.0. The minimum Gasteiger partial charge on any atom is -0.383 e. The van der Waals surface area contributed by atoms with Crippen LogP contribution >= 0.6 is 0 Å². The van der Waals surface area contributed by atoms with Crippen LogP contribution in [-0.4, -0.2) is 74.7 Å². The Kier molecular flexibility index (Phi) is 13.7. The van der Waals surface area contributed by atoms with Crippen molar-refractivity contribution in [1.82, 2.24) is 26.2 Å². The molecule has 262 valence electrons. The van der Waals surface area contributed by atoms with Crippen LogP contribution in [0.4, 0.5) is 4.79 Å². The Balaban J connectivity index is 0.00000136. The molecule has 4 rings (SSSR count). The Labute approximate surface area is 281 Å². The van der Waals surface area contributed by atoms with Crippen LogP contribution in [-0.2, 0) is 14.3 Å². The summed E-state index contributed by atoms with van der Waals surface area (Å²) in [5.74, 6) is 4.69. The van der Waals surface area contributed by atoms with E-state index >= 15 is 0 Å². The SMILES string of the molecule is C=C(CNC(=C)C1CCCN1C(=C)C(NC(=O)NC1(C2CCCS2(=C)=O)CCCCC1)C(C)(C)CC)C(=O)NC1CC1.CCCC. The lowest BCUT2D eigenvalue weighted by atomic mass is 9.77. The van der Waals surface area contributed by atoms with E-state index in [0.29, 0.717) is 23.9 Å². The van der Waals surface area contributed by atoms with E-state index in [1.165, 1.54) is 12.8 Å². The molecule has 0 aromatic heterocycles. The fourth-order valence-electron chi connectivity index (χ4n) is 7.17. The standard InChI is InChI=1S/C33H55N5O3S.C4H10/c1-8-32(5,6)29(36-31(40)37-33(18-10-9-11-19-33)28-15-13-21-42(28,7)41)25(4)38-20-12-14-27(38)24(3)34-22-23(2)30(39)35-26-16-17-26;1-3-4-2/h26-29,34H,2-4,7-22H2,1,5-6H3,(H,35,39)(H2,36,37,40);3-4H2,1-2H3. The highest BCUT2D eigenvalue weighted by molar-refractivity contribution is 8.01. The van der Waals surface area contributed by atoms with Gasteiger partial charge in [-0.15, -0.1) is 0 Å². The van der Waals surface area contributed by atoms with Crippen LogP contribution in [0.3, 0.4) is 0 Å². The summed E-state index contributed by atoms with van der Waals surface area (Å²) >= 11 is 0. The van der Waals surface area contributed by atoms with Crippen molar-refractivity contribution in [3.63, 3.8) is 0 Å². The maximum Gasteiger partial charge on any atom is 0.315 e. The Morgan fingerprint density at radius 3 is 2.15 bits per heavy atom. The monoisotopic (exact) mass is 659 g/mol. The fraction of sp³-hybridized carbons (Fsp3) is 0.757. The average Bonchev–Trinajstić information content (AvgIpc) is 3.56. The van der Waals surface area contributed by atoms with Gasteiger partial charge in [-0.3, -0.25) is 9.00 Å². The van der Waals surface area contributed by atoms with Crippen molar-refractivity contribution < 1.29 is 13.8 Å². The number of hydrogen-bond acceptors (Lipinski definition) is 5. The van der Waals surface area contributed by atoms with Gasteiger partial charge in [0.2, 0.25) is 5.91 Å². The Morgan fingerprint density at radius 2 is 1.61 bits per heavy atom. The molecule has 0 aromatic rings. The summed E-state index contributed by atoms with van der Waals surface area (Å²) in [5.41, 5.74) is 1.48.